The van der Waals surface area contributed by atoms with Crippen LogP contribution in [-0.4, -0.2) is 50.2 Å². The number of nitrogens with one attached hydrogen (secondary N) is 1. The largest absolute Gasteiger partial charge is 0.314 e. The number of thiazole rings is 1. The molecule has 0 aromatic carbocycles. The molecule has 0 radical (unpaired) electrons. The molecule has 1 aromatic rings. The predicted molar refractivity (Wildman–Crippen MR) is 80.8 cm³/mol. The Morgan fingerprint density at radius 3 is 2.85 bits per heavy atom. The van der Waals surface area contributed by atoms with Gasteiger partial charge in [0.15, 0.2) is 9.84 Å². The van der Waals surface area contributed by atoms with Crippen molar-refractivity contribution in [3.8, 4) is 0 Å². The van der Waals surface area contributed by atoms with Crippen molar-refractivity contribution in [2.24, 2.45) is 0 Å². The highest BCUT2D eigenvalue weighted by atomic mass is 32.2. The number of aromatic nitrogens is 1. The van der Waals surface area contributed by atoms with Crippen LogP contribution in [0.4, 0.5) is 0 Å². The lowest BCUT2D eigenvalue weighted by Crippen LogP contribution is -2.45. The Balaban J connectivity index is 1.84. The summed E-state index contributed by atoms with van der Waals surface area (Å²) in [4.78, 5) is 8.19. The standard InChI is InChI=1S/C13H21N3O2S2/c1-2-11(16-6-4-14-5-7-16)13-15-10-3-8-20(17,18)9-12(10)19-13/h11,14H,2-9H2,1H3. The molecule has 1 fully saturated rings. The Hall–Kier alpha value is -0.500. The summed E-state index contributed by atoms with van der Waals surface area (Å²) >= 11 is 1.61. The van der Waals surface area contributed by atoms with Crippen molar-refractivity contribution in [1.82, 2.24) is 15.2 Å². The first-order valence-corrected chi connectivity index (χ1v) is 9.86. The first-order chi connectivity index (χ1) is 9.59. The van der Waals surface area contributed by atoms with Gasteiger partial charge in [-0.3, -0.25) is 4.90 Å². The third kappa shape index (κ3) is 2.90. The molecule has 0 bridgehead atoms. The fraction of sp³-hybridized carbons (Fsp3) is 0.769. The maximum absolute atomic E-state index is 11.7. The Morgan fingerprint density at radius 2 is 2.15 bits per heavy atom. The summed E-state index contributed by atoms with van der Waals surface area (Å²) in [6.45, 7) is 6.32. The molecular weight excluding hydrogens is 294 g/mol. The molecule has 7 heteroatoms. The third-order valence-corrected chi connectivity index (χ3v) is 7.00. The number of sulfone groups is 1. The van der Waals surface area contributed by atoms with E-state index >= 15 is 0 Å². The van der Waals surface area contributed by atoms with E-state index in [2.05, 4.69) is 17.1 Å². The number of aryl methyl sites for hydroxylation is 1. The van der Waals surface area contributed by atoms with Crippen LogP contribution < -0.4 is 5.32 Å². The van der Waals surface area contributed by atoms with Gasteiger partial charge in [-0.1, -0.05) is 6.92 Å². The molecule has 1 aromatic heterocycles. The van der Waals surface area contributed by atoms with E-state index in [1.807, 2.05) is 0 Å². The Kier molecular flexibility index (Phi) is 4.12. The van der Waals surface area contributed by atoms with E-state index in [1.165, 1.54) is 0 Å². The summed E-state index contributed by atoms with van der Waals surface area (Å²) in [5, 5.41) is 4.47. The molecule has 5 nitrogen and oxygen atoms in total. The van der Waals surface area contributed by atoms with Crippen LogP contribution >= 0.6 is 11.3 Å². The molecule has 0 spiro atoms. The summed E-state index contributed by atoms with van der Waals surface area (Å²) in [6, 6.07) is 0.343. The maximum Gasteiger partial charge on any atom is 0.155 e. The van der Waals surface area contributed by atoms with E-state index in [1.54, 1.807) is 11.3 Å². The molecule has 0 aliphatic carbocycles. The monoisotopic (exact) mass is 315 g/mol. The average molecular weight is 315 g/mol. The molecule has 0 amide bonds. The van der Waals surface area contributed by atoms with Crippen LogP contribution in [-0.2, 0) is 22.0 Å². The van der Waals surface area contributed by atoms with E-state index < -0.39 is 9.84 Å². The fourth-order valence-electron chi connectivity index (χ4n) is 2.96. The first kappa shape index (κ1) is 14.4. The molecular formula is C13H21N3O2S2. The molecule has 20 heavy (non-hydrogen) atoms. The van der Waals surface area contributed by atoms with Crippen molar-refractivity contribution in [3.05, 3.63) is 15.6 Å². The molecule has 2 aliphatic heterocycles. The molecule has 1 unspecified atom stereocenters. The first-order valence-electron chi connectivity index (χ1n) is 7.23. The van der Waals surface area contributed by atoms with Gasteiger partial charge in [-0.25, -0.2) is 13.4 Å². The number of rotatable bonds is 3. The van der Waals surface area contributed by atoms with Crippen molar-refractivity contribution in [1.29, 1.82) is 0 Å². The van der Waals surface area contributed by atoms with Crippen molar-refractivity contribution >= 4 is 21.2 Å². The van der Waals surface area contributed by atoms with Crippen molar-refractivity contribution < 1.29 is 8.42 Å². The summed E-state index contributed by atoms with van der Waals surface area (Å²) in [5.74, 6) is 0.450. The highest BCUT2D eigenvalue weighted by Crippen LogP contribution is 2.33. The van der Waals surface area contributed by atoms with Gasteiger partial charge in [0.1, 0.15) is 5.01 Å². The van der Waals surface area contributed by atoms with Crippen molar-refractivity contribution in [2.45, 2.75) is 31.6 Å². The van der Waals surface area contributed by atoms with Gasteiger partial charge in [-0.15, -0.1) is 11.3 Å². The minimum absolute atomic E-state index is 0.192. The number of nitrogens with zero attached hydrogens (tertiary/aromatic N) is 2. The molecule has 1 N–H and O–H groups in total. The van der Waals surface area contributed by atoms with Gasteiger partial charge in [-0.05, 0) is 6.42 Å². The molecule has 2 aliphatic rings. The summed E-state index contributed by atoms with van der Waals surface area (Å²) in [6.07, 6.45) is 1.62. The predicted octanol–water partition coefficient (Wildman–Crippen LogP) is 0.970. The van der Waals surface area contributed by atoms with Gasteiger partial charge < -0.3 is 5.32 Å². The van der Waals surface area contributed by atoms with Crippen molar-refractivity contribution in [2.75, 3.05) is 31.9 Å². The van der Waals surface area contributed by atoms with Gasteiger partial charge in [0.2, 0.25) is 0 Å². The van der Waals surface area contributed by atoms with Gasteiger partial charge in [-0.2, -0.15) is 0 Å². The second-order valence-electron chi connectivity index (χ2n) is 5.47. The van der Waals surface area contributed by atoms with Crippen LogP contribution in [0.5, 0.6) is 0 Å². The van der Waals surface area contributed by atoms with E-state index in [9.17, 15) is 8.42 Å². The Labute approximate surface area is 124 Å². The van der Waals surface area contributed by atoms with E-state index in [0.29, 0.717) is 12.5 Å². The van der Waals surface area contributed by atoms with Crippen LogP contribution in [0.3, 0.4) is 0 Å². The normalized spacial score (nSPS) is 24.2. The van der Waals surface area contributed by atoms with Gasteiger partial charge in [0.05, 0.1) is 23.2 Å². The van der Waals surface area contributed by atoms with E-state index in [4.69, 9.17) is 4.98 Å². The summed E-state index contributed by atoms with van der Waals surface area (Å²) in [7, 11) is -2.89. The van der Waals surface area contributed by atoms with E-state index in [0.717, 1.165) is 48.2 Å². The summed E-state index contributed by atoms with van der Waals surface area (Å²) in [5.41, 5.74) is 1.02. The maximum atomic E-state index is 11.7. The molecule has 1 atom stereocenters. The Morgan fingerprint density at radius 1 is 1.40 bits per heavy atom. The highest BCUT2D eigenvalue weighted by Gasteiger charge is 2.29. The van der Waals surface area contributed by atoms with Crippen molar-refractivity contribution in [3.63, 3.8) is 0 Å². The van der Waals surface area contributed by atoms with Crippen LogP contribution in [0.2, 0.25) is 0 Å². The third-order valence-electron chi connectivity index (χ3n) is 4.06. The number of hydrogen-bond donors (Lipinski definition) is 1. The number of piperazine rings is 1. The molecule has 1 saturated heterocycles. The van der Waals surface area contributed by atoms with Crippen LogP contribution in [0.1, 0.15) is 35.0 Å². The van der Waals surface area contributed by atoms with Gasteiger partial charge in [0, 0.05) is 37.5 Å². The topological polar surface area (TPSA) is 62.3 Å². The second kappa shape index (κ2) is 5.71. The SMILES string of the molecule is CCC(c1nc2c(s1)CS(=O)(=O)CC2)N1CCNCC1. The number of hydrogen-bond acceptors (Lipinski definition) is 6. The molecule has 0 saturated carbocycles. The zero-order chi connectivity index (χ0) is 14.2. The minimum Gasteiger partial charge on any atom is -0.314 e. The zero-order valence-corrected chi connectivity index (χ0v) is 13.4. The smallest absolute Gasteiger partial charge is 0.155 e. The van der Waals surface area contributed by atoms with Crippen LogP contribution in [0.25, 0.3) is 0 Å². The van der Waals surface area contributed by atoms with Gasteiger partial charge >= 0.3 is 0 Å². The quantitative estimate of drug-likeness (QED) is 0.900. The lowest BCUT2D eigenvalue weighted by atomic mass is 10.1. The lowest BCUT2D eigenvalue weighted by Gasteiger charge is -2.33. The summed E-state index contributed by atoms with van der Waals surface area (Å²) < 4.78 is 23.4. The van der Waals surface area contributed by atoms with Crippen LogP contribution in [0.15, 0.2) is 0 Å². The molecule has 3 heterocycles. The molecule has 3 rings (SSSR count). The fourth-order valence-corrected chi connectivity index (χ4v) is 6.08. The average Bonchev–Trinajstić information content (AvgIpc) is 2.82. The van der Waals surface area contributed by atoms with Crippen LogP contribution in [0, 0.1) is 0 Å². The highest BCUT2D eigenvalue weighted by molar-refractivity contribution is 7.90. The van der Waals surface area contributed by atoms with E-state index in [-0.39, 0.29) is 11.5 Å². The van der Waals surface area contributed by atoms with Gasteiger partial charge in [0.25, 0.3) is 0 Å². The lowest BCUT2D eigenvalue weighted by molar-refractivity contribution is 0.169. The second-order valence-corrected chi connectivity index (χ2v) is 8.77. The molecule has 112 valence electrons. The minimum atomic E-state index is -2.89. The number of fused-ring (bicyclic) bond motifs is 1. The Bertz CT molecular complexity index is 576. The zero-order valence-electron chi connectivity index (χ0n) is 11.8.